The van der Waals surface area contributed by atoms with Crippen LogP contribution in [0.5, 0.6) is 0 Å². The van der Waals surface area contributed by atoms with Crippen LogP contribution in [0.15, 0.2) is 140 Å². The zero-order chi connectivity index (χ0) is 31.1. The molecule has 0 unspecified atom stereocenters. The first-order valence-electron chi connectivity index (χ1n) is 16.4. The van der Waals surface area contributed by atoms with E-state index >= 15 is 0 Å². The maximum Gasteiger partial charge on any atom is 4.00 e. The standard InChI is InChI=1S/C45H42.2CH3.Hf/c1-30(2)33-17-21-35(22-18-33)41-15-9-13-37-25-39(27-43(37)41)45(5,29-32-11-7-6-8-12-32)40-26-38-14-10-16-42(44(38)28-40)36-23-19-34(20-24-36)31(3)4;;;/h6-28,30-31H,29H2,1-5H3;2*1H3;/q-2;2*-1;+4. The molecule has 0 aliphatic rings. The van der Waals surface area contributed by atoms with Gasteiger partial charge in [-0.2, -0.15) is 12.1 Å². The van der Waals surface area contributed by atoms with Gasteiger partial charge in [-0.15, -0.1) is 69.1 Å². The van der Waals surface area contributed by atoms with E-state index in [1.165, 1.54) is 71.6 Å². The fraction of sp³-hybridized carbons (Fsp3) is 0.191. The second-order valence-corrected chi connectivity index (χ2v) is 13.7. The molecule has 7 rings (SSSR count). The third-order valence-electron chi connectivity index (χ3n) is 9.95. The first-order chi connectivity index (χ1) is 21.8. The van der Waals surface area contributed by atoms with Crippen molar-refractivity contribution in [1.29, 1.82) is 0 Å². The summed E-state index contributed by atoms with van der Waals surface area (Å²) >= 11 is 0. The van der Waals surface area contributed by atoms with Crippen molar-refractivity contribution in [2.45, 2.75) is 58.3 Å². The Kier molecular flexibility index (Phi) is 11.7. The van der Waals surface area contributed by atoms with Crippen LogP contribution in [0.2, 0.25) is 0 Å². The van der Waals surface area contributed by atoms with E-state index in [2.05, 4.69) is 174 Å². The van der Waals surface area contributed by atoms with E-state index in [-0.39, 0.29) is 46.1 Å². The largest absolute Gasteiger partial charge is 4.00 e. The Morgan fingerprint density at radius 3 is 1.33 bits per heavy atom. The van der Waals surface area contributed by atoms with E-state index < -0.39 is 0 Å². The zero-order valence-electron chi connectivity index (χ0n) is 29.6. The van der Waals surface area contributed by atoms with Crippen LogP contribution in [-0.4, -0.2) is 0 Å². The van der Waals surface area contributed by atoms with Gasteiger partial charge in [-0.1, -0.05) is 137 Å². The molecule has 0 aromatic heterocycles. The minimum absolute atomic E-state index is 0. The molecule has 240 valence electrons. The molecule has 1 heteroatoms. The molecule has 0 bridgehead atoms. The van der Waals surface area contributed by atoms with E-state index in [0.717, 1.165) is 6.42 Å². The second kappa shape index (κ2) is 15.2. The van der Waals surface area contributed by atoms with Crippen molar-refractivity contribution in [3.8, 4) is 22.3 Å². The van der Waals surface area contributed by atoms with Crippen molar-refractivity contribution in [3.63, 3.8) is 0 Å². The molecule has 0 saturated carbocycles. The van der Waals surface area contributed by atoms with Crippen LogP contribution < -0.4 is 0 Å². The van der Waals surface area contributed by atoms with E-state index in [9.17, 15) is 0 Å². The molecule has 0 heterocycles. The van der Waals surface area contributed by atoms with Crippen LogP contribution >= 0.6 is 0 Å². The minimum atomic E-state index is -0.211. The molecule has 7 aromatic carbocycles. The van der Waals surface area contributed by atoms with Crippen molar-refractivity contribution in [2.24, 2.45) is 0 Å². The van der Waals surface area contributed by atoms with Gasteiger partial charge >= 0.3 is 25.8 Å². The molecule has 48 heavy (non-hydrogen) atoms. The van der Waals surface area contributed by atoms with Gasteiger partial charge in [0.2, 0.25) is 0 Å². The van der Waals surface area contributed by atoms with Gasteiger partial charge in [0.15, 0.2) is 0 Å². The van der Waals surface area contributed by atoms with Crippen molar-refractivity contribution in [2.75, 3.05) is 0 Å². The van der Waals surface area contributed by atoms with Crippen LogP contribution in [0.25, 0.3) is 43.8 Å². The summed E-state index contributed by atoms with van der Waals surface area (Å²) in [5.41, 5.74) is 11.8. The predicted octanol–water partition coefficient (Wildman–Crippen LogP) is 13.5. The summed E-state index contributed by atoms with van der Waals surface area (Å²) in [5, 5.41) is 5.26. The van der Waals surface area contributed by atoms with Gasteiger partial charge in [0.05, 0.1) is 0 Å². The Morgan fingerprint density at radius 2 is 0.938 bits per heavy atom. The van der Waals surface area contributed by atoms with Crippen LogP contribution in [-0.2, 0) is 37.7 Å². The maximum atomic E-state index is 2.47. The van der Waals surface area contributed by atoms with E-state index in [1.807, 2.05) is 0 Å². The number of benzene rings is 5. The first-order valence-corrected chi connectivity index (χ1v) is 16.4. The van der Waals surface area contributed by atoms with Gasteiger partial charge in [-0.05, 0) is 51.5 Å². The van der Waals surface area contributed by atoms with Gasteiger partial charge in [-0.25, -0.2) is 0 Å². The average molecular weight is 791 g/mol. The van der Waals surface area contributed by atoms with Gasteiger partial charge in [0.25, 0.3) is 0 Å². The summed E-state index contributed by atoms with van der Waals surface area (Å²) in [5.74, 6) is 1.05. The molecule has 0 amide bonds. The summed E-state index contributed by atoms with van der Waals surface area (Å²) in [6.07, 6.45) is 0.928. The molecule has 0 radical (unpaired) electrons. The maximum absolute atomic E-state index is 2.47. The Bertz CT molecular complexity index is 1940. The average Bonchev–Trinajstić information content (AvgIpc) is 3.71. The SMILES string of the molecule is CC(C)c1ccc(-c2cccc3[cH-]c(C(C)(Cc4ccccc4)c4cc5c(-c6ccc(C(C)C)cc6)cccc5[cH-]4)cc23)cc1.[CH3-].[CH3-].[Hf+4]. The fourth-order valence-corrected chi connectivity index (χ4v) is 7.08. The smallest absolute Gasteiger partial charge is 0.358 e. The molecule has 7 aromatic rings. The topological polar surface area (TPSA) is 0 Å². The third-order valence-corrected chi connectivity index (χ3v) is 9.95. The van der Waals surface area contributed by atoms with Crippen LogP contribution in [0.3, 0.4) is 0 Å². The Balaban J connectivity index is 0.00000173. The fourth-order valence-electron chi connectivity index (χ4n) is 7.08. The van der Waals surface area contributed by atoms with E-state index in [1.54, 1.807) is 0 Å². The van der Waals surface area contributed by atoms with Gasteiger partial charge in [0, 0.05) is 0 Å². The van der Waals surface area contributed by atoms with Gasteiger partial charge in [-0.3, -0.25) is 0 Å². The van der Waals surface area contributed by atoms with Crippen molar-refractivity contribution < 1.29 is 25.8 Å². The monoisotopic (exact) mass is 792 g/mol. The Labute approximate surface area is 308 Å². The molecule has 0 spiro atoms. The molecule has 0 nitrogen and oxygen atoms in total. The van der Waals surface area contributed by atoms with Crippen LogP contribution in [0.4, 0.5) is 0 Å². The molecule has 0 atom stereocenters. The number of rotatable bonds is 8. The van der Waals surface area contributed by atoms with Crippen molar-refractivity contribution >= 4 is 21.5 Å². The summed E-state index contributed by atoms with van der Waals surface area (Å²) in [6, 6.07) is 52.6. The number of hydrogen-bond acceptors (Lipinski definition) is 0. The van der Waals surface area contributed by atoms with Crippen molar-refractivity contribution in [1.82, 2.24) is 0 Å². The molecular weight excluding hydrogens is 743 g/mol. The number of hydrogen-bond donors (Lipinski definition) is 0. The molecule has 0 N–H and O–H groups in total. The summed E-state index contributed by atoms with van der Waals surface area (Å²) in [6.45, 7) is 11.5. The molecule has 0 saturated heterocycles. The molecule has 0 aliphatic heterocycles. The van der Waals surface area contributed by atoms with Crippen molar-refractivity contribution in [3.05, 3.63) is 182 Å². The molecular formula is C47H48Hf. The predicted molar refractivity (Wildman–Crippen MR) is 208 cm³/mol. The second-order valence-electron chi connectivity index (χ2n) is 13.7. The first kappa shape index (κ1) is 37.0. The Hall–Kier alpha value is -3.81. The van der Waals surface area contributed by atoms with Crippen LogP contribution in [0, 0.1) is 14.9 Å². The minimum Gasteiger partial charge on any atom is -0.358 e. The normalized spacial score (nSPS) is 11.4. The molecule has 0 aliphatic carbocycles. The van der Waals surface area contributed by atoms with E-state index in [4.69, 9.17) is 0 Å². The van der Waals surface area contributed by atoms with Gasteiger partial charge < -0.3 is 14.9 Å². The quantitative estimate of drug-likeness (QED) is 0.106. The summed E-state index contributed by atoms with van der Waals surface area (Å²) in [4.78, 5) is 0. The summed E-state index contributed by atoms with van der Waals surface area (Å²) in [7, 11) is 0. The van der Waals surface area contributed by atoms with E-state index in [0.29, 0.717) is 11.8 Å². The van der Waals surface area contributed by atoms with Gasteiger partial charge in [0.1, 0.15) is 0 Å². The number of fused-ring (bicyclic) bond motifs is 2. The third kappa shape index (κ3) is 6.99. The van der Waals surface area contributed by atoms with Crippen LogP contribution in [0.1, 0.15) is 74.3 Å². The summed E-state index contributed by atoms with van der Waals surface area (Å²) < 4.78 is 0. The zero-order valence-corrected chi connectivity index (χ0v) is 33.2. The Morgan fingerprint density at radius 1 is 0.521 bits per heavy atom. The molecule has 0 fully saturated rings.